The van der Waals surface area contributed by atoms with Gasteiger partial charge in [0.2, 0.25) is 0 Å². The highest BCUT2D eigenvalue weighted by Crippen LogP contribution is 2.46. The van der Waals surface area contributed by atoms with Gasteiger partial charge in [0.1, 0.15) is 0 Å². The molecule has 0 unspecified atom stereocenters. The quantitative estimate of drug-likeness (QED) is 0.161. The molecule has 41 heavy (non-hydrogen) atoms. The Labute approximate surface area is 248 Å². The lowest BCUT2D eigenvalue weighted by molar-refractivity contribution is 0.444. The monoisotopic (exact) mass is 548 g/mol. The van der Waals surface area contributed by atoms with Crippen LogP contribution in [-0.4, -0.2) is 13.0 Å². The Balaban J connectivity index is 1.45. The highest BCUT2D eigenvalue weighted by molar-refractivity contribution is 7.98. The summed E-state index contributed by atoms with van der Waals surface area (Å²) >= 11 is 1.80. The second kappa shape index (κ2) is 10.2. The van der Waals surface area contributed by atoms with Crippen molar-refractivity contribution in [1.29, 1.82) is 0 Å². The maximum Gasteiger partial charge on any atom is 0.252 e. The number of benzene rings is 5. The third-order valence-corrected chi connectivity index (χ3v) is 10.1. The maximum absolute atomic E-state index is 2.55. The molecule has 0 radical (unpaired) electrons. The van der Waals surface area contributed by atoms with E-state index in [1.165, 1.54) is 93.1 Å². The highest BCUT2D eigenvalue weighted by Gasteiger charge is 2.43. The summed E-state index contributed by atoms with van der Waals surface area (Å²) in [5, 5.41) is 0. The summed E-state index contributed by atoms with van der Waals surface area (Å²) in [5.41, 5.74) is 13.3. The summed E-state index contributed by atoms with van der Waals surface area (Å²) in [4.78, 5) is 6.36. The average Bonchev–Trinajstić information content (AvgIpc) is 3.05. The molecule has 2 nitrogen and oxygen atoms in total. The van der Waals surface area contributed by atoms with Crippen molar-refractivity contribution in [3.63, 3.8) is 0 Å². The average molecular weight is 549 g/mol. The minimum atomic E-state index is 0.189. The van der Waals surface area contributed by atoms with Gasteiger partial charge in [-0.25, -0.2) is 0 Å². The Morgan fingerprint density at radius 1 is 0.585 bits per heavy atom. The molecule has 0 saturated heterocycles. The Bertz CT molecular complexity index is 1730. The molecule has 0 N–H and O–H groups in total. The van der Waals surface area contributed by atoms with Crippen LogP contribution in [0.5, 0.6) is 0 Å². The smallest absolute Gasteiger partial charge is 0.252 e. The summed E-state index contributed by atoms with van der Waals surface area (Å²) in [7, 11) is 0. The van der Waals surface area contributed by atoms with Gasteiger partial charge in [0.25, 0.3) is 6.71 Å². The Morgan fingerprint density at radius 3 is 1.71 bits per heavy atom. The van der Waals surface area contributed by atoms with E-state index in [4.69, 9.17) is 0 Å². The fourth-order valence-corrected chi connectivity index (χ4v) is 7.86. The number of fused-ring (bicyclic) bond motifs is 4. The molecule has 0 atom stereocenters. The van der Waals surface area contributed by atoms with E-state index in [2.05, 4.69) is 131 Å². The molecule has 1 fully saturated rings. The van der Waals surface area contributed by atoms with Crippen LogP contribution >= 0.6 is 11.8 Å². The van der Waals surface area contributed by atoms with Crippen molar-refractivity contribution >= 4 is 69.0 Å². The molecular formula is C37H33BN2S. The number of anilines is 6. The lowest BCUT2D eigenvalue weighted by atomic mass is 9.33. The van der Waals surface area contributed by atoms with Crippen molar-refractivity contribution in [2.75, 3.05) is 16.1 Å². The van der Waals surface area contributed by atoms with Crippen LogP contribution in [0.2, 0.25) is 0 Å². The molecule has 0 bridgehead atoms. The molecule has 0 aromatic heterocycles. The third kappa shape index (κ3) is 4.03. The summed E-state index contributed by atoms with van der Waals surface area (Å²) in [5.74, 6) is 0.608. The van der Waals surface area contributed by atoms with Gasteiger partial charge in [-0.05, 0) is 108 Å². The molecule has 3 aliphatic rings. The van der Waals surface area contributed by atoms with Crippen molar-refractivity contribution in [3.05, 3.63) is 121 Å². The Morgan fingerprint density at radius 2 is 1.12 bits per heavy atom. The van der Waals surface area contributed by atoms with Crippen LogP contribution in [0, 0.1) is 0 Å². The van der Waals surface area contributed by atoms with Crippen molar-refractivity contribution in [2.45, 2.75) is 42.9 Å². The molecule has 5 aromatic carbocycles. The number of nitrogens with zero attached hydrogens (tertiary/aromatic N) is 2. The zero-order valence-electron chi connectivity index (χ0n) is 23.5. The number of rotatable bonds is 4. The summed E-state index contributed by atoms with van der Waals surface area (Å²) in [6, 6.07) is 43.3. The zero-order chi connectivity index (χ0) is 27.3. The lowest BCUT2D eigenvalue weighted by Crippen LogP contribution is -2.61. The second-order valence-electron chi connectivity index (χ2n) is 11.6. The molecule has 200 valence electrons. The van der Waals surface area contributed by atoms with Gasteiger partial charge in [-0.2, -0.15) is 0 Å². The van der Waals surface area contributed by atoms with E-state index >= 15 is 0 Å². The van der Waals surface area contributed by atoms with E-state index in [-0.39, 0.29) is 6.71 Å². The fourth-order valence-electron chi connectivity index (χ4n) is 7.45. The summed E-state index contributed by atoms with van der Waals surface area (Å²) in [6.07, 6.45) is 8.73. The molecule has 2 aliphatic heterocycles. The van der Waals surface area contributed by atoms with E-state index in [1.54, 1.807) is 11.8 Å². The first-order chi connectivity index (χ1) is 20.3. The first-order valence-electron chi connectivity index (χ1n) is 15.0. The number of hydrogen-bond donors (Lipinski definition) is 0. The van der Waals surface area contributed by atoms with Gasteiger partial charge in [-0.1, -0.05) is 73.9 Å². The Kier molecular flexibility index (Phi) is 6.18. The van der Waals surface area contributed by atoms with E-state index in [9.17, 15) is 0 Å². The van der Waals surface area contributed by atoms with E-state index in [1.807, 2.05) is 0 Å². The molecule has 1 aliphatic carbocycles. The van der Waals surface area contributed by atoms with E-state index in [0.29, 0.717) is 5.92 Å². The van der Waals surface area contributed by atoms with Crippen molar-refractivity contribution < 1.29 is 0 Å². The summed E-state index contributed by atoms with van der Waals surface area (Å²) < 4.78 is 0. The van der Waals surface area contributed by atoms with Crippen LogP contribution in [0.25, 0.3) is 0 Å². The van der Waals surface area contributed by atoms with E-state index in [0.717, 1.165) is 0 Å². The summed E-state index contributed by atoms with van der Waals surface area (Å²) in [6.45, 7) is 0.189. The van der Waals surface area contributed by atoms with Crippen LogP contribution < -0.4 is 26.2 Å². The fraction of sp³-hybridized carbons (Fsp3) is 0.189. The standard InChI is InChI=1S/C37H33BN2S/c1-41-30-22-20-29(21-23-30)40-34-19-11-9-17-32(34)38-31-16-8-10-18-33(31)39(28-14-6-3-7-15-28)35-24-27(25-36(40)37(35)38)26-12-4-2-5-13-26/h3,6-11,14-26H,2,4-5,12-13H2,1H3. The van der Waals surface area contributed by atoms with Gasteiger partial charge in [-0.15, -0.1) is 11.8 Å². The minimum absolute atomic E-state index is 0.189. The number of thioether (sulfide) groups is 1. The molecule has 5 aromatic rings. The third-order valence-electron chi connectivity index (χ3n) is 9.33. The second-order valence-corrected chi connectivity index (χ2v) is 12.4. The van der Waals surface area contributed by atoms with Gasteiger partial charge in [0.05, 0.1) is 0 Å². The van der Waals surface area contributed by atoms with Crippen molar-refractivity contribution in [2.24, 2.45) is 0 Å². The van der Waals surface area contributed by atoms with E-state index < -0.39 is 0 Å². The van der Waals surface area contributed by atoms with Crippen LogP contribution in [0.15, 0.2) is 120 Å². The largest absolute Gasteiger partial charge is 0.311 e. The van der Waals surface area contributed by atoms with Crippen molar-refractivity contribution in [1.82, 2.24) is 0 Å². The minimum Gasteiger partial charge on any atom is -0.311 e. The molecule has 1 saturated carbocycles. The number of hydrogen-bond acceptors (Lipinski definition) is 3. The Hall–Kier alpha value is -3.89. The molecular weight excluding hydrogens is 515 g/mol. The van der Waals surface area contributed by atoms with Crippen LogP contribution in [0.3, 0.4) is 0 Å². The molecule has 8 rings (SSSR count). The van der Waals surface area contributed by atoms with Crippen molar-refractivity contribution in [3.8, 4) is 0 Å². The van der Waals surface area contributed by atoms with Gasteiger partial charge < -0.3 is 9.80 Å². The first kappa shape index (κ1) is 24.9. The topological polar surface area (TPSA) is 6.48 Å². The van der Waals surface area contributed by atoms with Gasteiger partial charge >= 0.3 is 0 Å². The molecule has 0 spiro atoms. The molecule has 0 amide bonds. The van der Waals surface area contributed by atoms with Gasteiger partial charge in [-0.3, -0.25) is 0 Å². The van der Waals surface area contributed by atoms with Gasteiger partial charge in [0.15, 0.2) is 0 Å². The first-order valence-corrected chi connectivity index (χ1v) is 16.2. The normalized spacial score (nSPS) is 15.8. The van der Waals surface area contributed by atoms with Crippen LogP contribution in [0.4, 0.5) is 34.1 Å². The molecule has 4 heteroatoms. The maximum atomic E-state index is 2.55. The lowest BCUT2D eigenvalue weighted by Gasteiger charge is -2.44. The van der Waals surface area contributed by atoms with Crippen LogP contribution in [-0.2, 0) is 0 Å². The van der Waals surface area contributed by atoms with Crippen LogP contribution in [0.1, 0.15) is 43.6 Å². The SMILES string of the molecule is CSc1ccc(N2c3ccccc3B3c4ccccc4N(c4ccccc4)c4cc(C5CCCCC5)cc2c43)cc1. The predicted octanol–water partition coefficient (Wildman–Crippen LogP) is 8.54. The molecule has 2 heterocycles. The van der Waals surface area contributed by atoms with Gasteiger partial charge in [0, 0.05) is 39.0 Å². The number of para-hydroxylation sites is 3. The predicted molar refractivity (Wildman–Crippen MR) is 178 cm³/mol. The highest BCUT2D eigenvalue weighted by atomic mass is 32.2. The zero-order valence-corrected chi connectivity index (χ0v) is 24.3.